The molecular formula is C36H54N4O6. The average molecular weight is 639 g/mol. The molecule has 0 bridgehead atoms. The van der Waals surface area contributed by atoms with E-state index in [1.165, 1.54) is 0 Å². The standard InChI is InChI=1S/C36H54N4O6/c1-26-23-40(27(2)25-41)36(44)31-22-30(37-34(42)21-29-14-8-7-9-15-29)17-18-32(31)46-28(3)13-10-11-20-45-33(26)24-39(6)35(43)16-12-19-38(4)5/h7-9,14-15,17-18,22,26-28,33,41H,10-13,16,19-21,23-25H2,1-6H3,(H,37,42)/t26-,27-,28-,33-/m0/s1. The highest BCUT2D eigenvalue weighted by molar-refractivity contribution is 6.00. The summed E-state index contributed by atoms with van der Waals surface area (Å²) in [6.07, 6.45) is 3.48. The van der Waals surface area contributed by atoms with Gasteiger partial charge in [0, 0.05) is 44.8 Å². The first kappa shape index (κ1) is 37.0. The number of likely N-dealkylation sites (N-methyl/N-ethyl adjacent to an activating group) is 1. The molecule has 3 rings (SSSR count). The van der Waals surface area contributed by atoms with Crippen LogP contribution in [0, 0.1) is 5.92 Å². The first-order valence-corrected chi connectivity index (χ1v) is 16.5. The van der Waals surface area contributed by atoms with Gasteiger partial charge in [-0.05, 0) is 83.9 Å². The van der Waals surface area contributed by atoms with E-state index >= 15 is 0 Å². The number of rotatable bonds is 11. The Kier molecular flexibility index (Phi) is 15.0. The summed E-state index contributed by atoms with van der Waals surface area (Å²) in [7, 11) is 5.79. The molecule has 1 aliphatic heterocycles. The summed E-state index contributed by atoms with van der Waals surface area (Å²) >= 11 is 0. The van der Waals surface area contributed by atoms with Gasteiger partial charge < -0.3 is 34.6 Å². The van der Waals surface area contributed by atoms with Gasteiger partial charge in [-0.1, -0.05) is 37.3 Å². The van der Waals surface area contributed by atoms with Gasteiger partial charge >= 0.3 is 0 Å². The van der Waals surface area contributed by atoms with Crippen LogP contribution in [0.15, 0.2) is 48.5 Å². The number of benzene rings is 2. The van der Waals surface area contributed by atoms with Gasteiger partial charge in [-0.2, -0.15) is 0 Å². The van der Waals surface area contributed by atoms with Gasteiger partial charge in [-0.3, -0.25) is 14.4 Å². The second-order valence-electron chi connectivity index (χ2n) is 12.9. The van der Waals surface area contributed by atoms with Crippen molar-refractivity contribution < 1.29 is 29.0 Å². The molecule has 0 spiro atoms. The molecule has 46 heavy (non-hydrogen) atoms. The number of nitrogens with one attached hydrogen (secondary N) is 1. The zero-order valence-electron chi connectivity index (χ0n) is 28.5. The van der Waals surface area contributed by atoms with E-state index in [2.05, 4.69) is 10.2 Å². The van der Waals surface area contributed by atoms with Crippen LogP contribution >= 0.6 is 0 Å². The molecule has 2 aromatic carbocycles. The van der Waals surface area contributed by atoms with Crippen molar-refractivity contribution >= 4 is 23.4 Å². The Morgan fingerprint density at radius 2 is 1.83 bits per heavy atom. The van der Waals surface area contributed by atoms with Gasteiger partial charge in [0.2, 0.25) is 11.8 Å². The SMILES string of the molecule is C[C@H]1CCCCO[C@@H](CN(C)C(=O)CCCN(C)C)[C@@H](C)CN([C@@H](C)CO)C(=O)c2cc(NC(=O)Cc3ccccc3)ccc2O1. The van der Waals surface area contributed by atoms with E-state index in [0.717, 1.165) is 37.8 Å². The topological polar surface area (TPSA) is 112 Å². The Morgan fingerprint density at radius 1 is 1.09 bits per heavy atom. The molecule has 0 aromatic heterocycles. The van der Waals surface area contributed by atoms with Gasteiger partial charge in [-0.25, -0.2) is 0 Å². The van der Waals surface area contributed by atoms with Gasteiger partial charge in [-0.15, -0.1) is 0 Å². The summed E-state index contributed by atoms with van der Waals surface area (Å²) in [4.78, 5) is 45.6. The predicted octanol–water partition coefficient (Wildman–Crippen LogP) is 4.46. The fourth-order valence-electron chi connectivity index (χ4n) is 5.56. The van der Waals surface area contributed by atoms with Gasteiger partial charge in [0.1, 0.15) is 5.75 Å². The van der Waals surface area contributed by atoms with Crippen LogP contribution in [-0.2, 0) is 20.7 Å². The fraction of sp³-hybridized carbons (Fsp3) is 0.583. The van der Waals surface area contributed by atoms with Crippen LogP contribution in [0.4, 0.5) is 5.69 Å². The molecule has 3 amide bonds. The third-order valence-corrected chi connectivity index (χ3v) is 8.42. The summed E-state index contributed by atoms with van der Waals surface area (Å²) in [5.74, 6) is -0.137. The molecule has 0 saturated carbocycles. The second kappa shape index (κ2) is 18.6. The van der Waals surface area contributed by atoms with E-state index in [1.807, 2.05) is 65.3 Å². The number of ether oxygens (including phenoxy) is 2. The normalized spacial score (nSPS) is 20.3. The van der Waals surface area contributed by atoms with Crippen molar-refractivity contribution in [3.8, 4) is 5.75 Å². The molecule has 2 aromatic rings. The molecule has 1 aliphatic rings. The van der Waals surface area contributed by atoms with Crippen LogP contribution < -0.4 is 10.1 Å². The zero-order valence-corrected chi connectivity index (χ0v) is 28.5. The smallest absolute Gasteiger partial charge is 0.258 e. The molecule has 0 unspecified atom stereocenters. The summed E-state index contributed by atoms with van der Waals surface area (Å²) in [5.41, 5.74) is 1.70. The first-order chi connectivity index (χ1) is 22.0. The van der Waals surface area contributed by atoms with Gasteiger partial charge in [0.15, 0.2) is 0 Å². The number of amides is 3. The lowest BCUT2D eigenvalue weighted by molar-refractivity contribution is -0.132. The number of aliphatic hydroxyl groups excluding tert-OH is 1. The maximum Gasteiger partial charge on any atom is 0.258 e. The van der Waals surface area contributed by atoms with Gasteiger partial charge in [0.25, 0.3) is 5.91 Å². The van der Waals surface area contributed by atoms with Crippen molar-refractivity contribution in [2.45, 2.75) is 77.5 Å². The van der Waals surface area contributed by atoms with Crippen LogP contribution in [0.3, 0.4) is 0 Å². The summed E-state index contributed by atoms with van der Waals surface area (Å²) < 4.78 is 12.7. The Bertz CT molecular complexity index is 1260. The molecule has 2 N–H and O–H groups in total. The largest absolute Gasteiger partial charge is 0.490 e. The maximum atomic E-state index is 14.3. The number of fused-ring (bicyclic) bond motifs is 1. The van der Waals surface area contributed by atoms with Crippen molar-refractivity contribution in [1.82, 2.24) is 14.7 Å². The van der Waals surface area contributed by atoms with Crippen LogP contribution in [0.25, 0.3) is 0 Å². The molecule has 1 heterocycles. The Labute approximate surface area is 275 Å². The zero-order chi connectivity index (χ0) is 33.6. The van der Waals surface area contributed by atoms with Gasteiger partial charge in [0.05, 0.1) is 36.8 Å². The highest BCUT2D eigenvalue weighted by atomic mass is 16.5. The molecule has 4 atom stereocenters. The predicted molar refractivity (Wildman–Crippen MR) is 181 cm³/mol. The maximum absolute atomic E-state index is 14.3. The van der Waals surface area contributed by atoms with E-state index in [-0.39, 0.29) is 48.9 Å². The highest BCUT2D eigenvalue weighted by Gasteiger charge is 2.31. The molecule has 10 nitrogen and oxygen atoms in total. The second-order valence-corrected chi connectivity index (χ2v) is 12.9. The minimum atomic E-state index is -0.490. The van der Waals surface area contributed by atoms with Crippen LogP contribution in [0.1, 0.15) is 68.8 Å². The molecule has 0 aliphatic carbocycles. The van der Waals surface area contributed by atoms with Crippen molar-refractivity contribution in [3.05, 3.63) is 59.7 Å². The van der Waals surface area contributed by atoms with Crippen molar-refractivity contribution in [2.75, 3.05) is 59.3 Å². The summed E-state index contributed by atoms with van der Waals surface area (Å²) in [6, 6.07) is 14.1. The van der Waals surface area contributed by atoms with E-state index < -0.39 is 6.04 Å². The number of anilines is 1. The van der Waals surface area contributed by atoms with Crippen LogP contribution in [-0.4, -0.2) is 110 Å². The van der Waals surface area contributed by atoms with E-state index in [1.54, 1.807) is 34.9 Å². The summed E-state index contributed by atoms with van der Waals surface area (Å²) in [5, 5.41) is 13.1. The number of carbonyl (C=O) groups is 3. The van der Waals surface area contributed by atoms with Crippen molar-refractivity contribution in [2.24, 2.45) is 5.92 Å². The fourth-order valence-corrected chi connectivity index (χ4v) is 5.56. The molecule has 254 valence electrons. The van der Waals surface area contributed by atoms with Crippen molar-refractivity contribution in [1.29, 1.82) is 0 Å². The van der Waals surface area contributed by atoms with E-state index in [9.17, 15) is 19.5 Å². The monoisotopic (exact) mass is 638 g/mol. The van der Waals surface area contributed by atoms with E-state index in [0.29, 0.717) is 43.1 Å². The Hall–Kier alpha value is -3.47. The van der Waals surface area contributed by atoms with Crippen molar-refractivity contribution in [3.63, 3.8) is 0 Å². The third-order valence-electron chi connectivity index (χ3n) is 8.42. The Morgan fingerprint density at radius 3 is 2.52 bits per heavy atom. The number of carbonyl (C=O) groups excluding carboxylic acids is 3. The molecule has 0 radical (unpaired) electrons. The first-order valence-electron chi connectivity index (χ1n) is 16.5. The number of hydrogen-bond donors (Lipinski definition) is 2. The lowest BCUT2D eigenvalue weighted by Gasteiger charge is -2.36. The average Bonchev–Trinajstić information content (AvgIpc) is 3.02. The van der Waals surface area contributed by atoms with Crippen LogP contribution in [0.5, 0.6) is 5.75 Å². The summed E-state index contributed by atoms with van der Waals surface area (Å²) in [6.45, 7) is 7.66. The molecule has 0 fully saturated rings. The quantitative estimate of drug-likeness (QED) is 0.374. The molecule has 0 saturated heterocycles. The molecule has 10 heteroatoms. The highest BCUT2D eigenvalue weighted by Crippen LogP contribution is 2.28. The number of aliphatic hydroxyl groups is 1. The minimum Gasteiger partial charge on any atom is -0.490 e. The number of nitrogens with zero attached hydrogens (tertiary/aromatic N) is 3. The number of hydrogen-bond acceptors (Lipinski definition) is 7. The Balaban J connectivity index is 1.87. The lowest BCUT2D eigenvalue weighted by atomic mass is 10.0. The van der Waals surface area contributed by atoms with E-state index in [4.69, 9.17) is 9.47 Å². The minimum absolute atomic E-state index is 0.0652. The lowest BCUT2D eigenvalue weighted by Crippen LogP contribution is -2.48. The van der Waals surface area contributed by atoms with Crippen LogP contribution in [0.2, 0.25) is 0 Å². The molecular weight excluding hydrogens is 584 g/mol. The third kappa shape index (κ3) is 11.7.